The first-order valence-corrected chi connectivity index (χ1v) is 9.29. The summed E-state index contributed by atoms with van der Waals surface area (Å²) >= 11 is 0. The third-order valence-electron chi connectivity index (χ3n) is 5.02. The molecule has 1 unspecified atom stereocenters. The van der Waals surface area contributed by atoms with Crippen LogP contribution in [0.5, 0.6) is 5.75 Å². The number of nitrogens with one attached hydrogen (secondary N) is 1. The molecule has 5 nitrogen and oxygen atoms in total. The number of nitrogens with zero attached hydrogens (tertiary/aromatic N) is 2. The van der Waals surface area contributed by atoms with Gasteiger partial charge in [-0.25, -0.2) is 9.18 Å². The second-order valence-electron chi connectivity index (χ2n) is 6.91. The van der Waals surface area contributed by atoms with E-state index < -0.39 is 30.1 Å². The van der Waals surface area contributed by atoms with Crippen molar-refractivity contribution >= 4 is 11.7 Å². The Labute approximate surface area is 175 Å². The molecule has 0 aliphatic carbocycles. The van der Waals surface area contributed by atoms with E-state index in [1.165, 1.54) is 31.5 Å². The number of halogens is 4. The van der Waals surface area contributed by atoms with Crippen LogP contribution in [0, 0.1) is 0 Å². The van der Waals surface area contributed by atoms with Crippen LogP contribution in [-0.4, -0.2) is 23.0 Å². The van der Waals surface area contributed by atoms with E-state index in [0.717, 1.165) is 17.0 Å². The third-order valence-corrected chi connectivity index (χ3v) is 5.02. The summed E-state index contributed by atoms with van der Waals surface area (Å²) in [4.78, 5) is 18.2. The van der Waals surface area contributed by atoms with Gasteiger partial charge in [0, 0.05) is 23.5 Å². The number of alkyl halides is 4. The topological polar surface area (TPSA) is 54.5 Å². The van der Waals surface area contributed by atoms with Crippen molar-refractivity contribution in [2.75, 3.05) is 12.4 Å². The Morgan fingerprint density at radius 3 is 2.52 bits per heavy atom. The van der Waals surface area contributed by atoms with Crippen LogP contribution < -0.4 is 10.1 Å². The number of hydrogen-bond donors (Lipinski definition) is 1. The number of pyridine rings is 1. The lowest BCUT2D eigenvalue weighted by atomic mass is 10.0. The zero-order chi connectivity index (χ0) is 22.2. The molecule has 0 spiro atoms. The standard InChI is InChI=1S/C22H17F4N3O2/c1-31-16-5-2-4-15(12-16)28-21(30)29-19(18-17(20(29)23)6-3-11-27-18)13-7-9-14(10-8-13)22(24,25)26/h2-12,19-20H,1H3,(H,28,30)/t19-,20?/m0/s1. The predicted octanol–water partition coefficient (Wildman–Crippen LogP) is 5.71. The summed E-state index contributed by atoms with van der Waals surface area (Å²) in [7, 11) is 1.47. The number of methoxy groups -OCH3 is 1. The fourth-order valence-electron chi connectivity index (χ4n) is 3.55. The molecule has 9 heteroatoms. The van der Waals surface area contributed by atoms with Crippen molar-refractivity contribution < 1.29 is 27.1 Å². The summed E-state index contributed by atoms with van der Waals surface area (Å²) in [5.41, 5.74) is 0.323. The fraction of sp³-hybridized carbons (Fsp3) is 0.182. The second-order valence-corrected chi connectivity index (χ2v) is 6.91. The molecule has 4 rings (SSSR count). The molecule has 1 N–H and O–H groups in total. The first-order chi connectivity index (χ1) is 14.8. The second kappa shape index (κ2) is 7.90. The van der Waals surface area contributed by atoms with Crippen LogP contribution in [0.25, 0.3) is 0 Å². The molecule has 1 aliphatic rings. The van der Waals surface area contributed by atoms with E-state index in [4.69, 9.17) is 4.74 Å². The molecule has 0 bridgehead atoms. The number of rotatable bonds is 3. The first kappa shape index (κ1) is 20.6. The van der Waals surface area contributed by atoms with Crippen molar-refractivity contribution in [3.05, 3.63) is 89.2 Å². The molecule has 3 aromatic rings. The number of ether oxygens (including phenoxy) is 1. The zero-order valence-corrected chi connectivity index (χ0v) is 16.2. The van der Waals surface area contributed by atoms with E-state index in [1.807, 2.05) is 0 Å². The van der Waals surface area contributed by atoms with Crippen LogP contribution in [0.2, 0.25) is 0 Å². The van der Waals surface area contributed by atoms with Crippen molar-refractivity contribution in [1.82, 2.24) is 9.88 Å². The minimum Gasteiger partial charge on any atom is -0.497 e. The molecule has 2 amide bonds. The number of amides is 2. The maximum absolute atomic E-state index is 15.3. The Hall–Kier alpha value is -3.62. The number of benzene rings is 2. The van der Waals surface area contributed by atoms with Gasteiger partial charge >= 0.3 is 12.2 Å². The monoisotopic (exact) mass is 431 g/mol. The van der Waals surface area contributed by atoms with Gasteiger partial charge in [-0.05, 0) is 35.9 Å². The van der Waals surface area contributed by atoms with Crippen LogP contribution in [-0.2, 0) is 6.18 Å². The molecule has 2 atom stereocenters. The Morgan fingerprint density at radius 2 is 1.84 bits per heavy atom. The van der Waals surface area contributed by atoms with E-state index in [2.05, 4.69) is 10.3 Å². The Bertz CT molecular complexity index is 1100. The van der Waals surface area contributed by atoms with Crippen LogP contribution in [0.15, 0.2) is 66.9 Å². The van der Waals surface area contributed by atoms with Gasteiger partial charge in [-0.15, -0.1) is 0 Å². The molecule has 31 heavy (non-hydrogen) atoms. The van der Waals surface area contributed by atoms with Crippen LogP contribution in [0.1, 0.15) is 34.7 Å². The van der Waals surface area contributed by atoms with Gasteiger partial charge in [0.05, 0.1) is 18.4 Å². The number of urea groups is 1. The van der Waals surface area contributed by atoms with Gasteiger partial charge in [-0.2, -0.15) is 13.2 Å². The molecular weight excluding hydrogens is 414 g/mol. The van der Waals surface area contributed by atoms with E-state index in [-0.39, 0.29) is 11.3 Å². The van der Waals surface area contributed by atoms with Crippen molar-refractivity contribution in [3.8, 4) is 5.75 Å². The summed E-state index contributed by atoms with van der Waals surface area (Å²) in [5.74, 6) is 0.500. The quantitative estimate of drug-likeness (QED) is 0.427. The summed E-state index contributed by atoms with van der Waals surface area (Å²) in [6.07, 6.45) is -4.87. The van der Waals surface area contributed by atoms with Gasteiger partial charge < -0.3 is 10.1 Å². The molecule has 0 radical (unpaired) electrons. The van der Waals surface area contributed by atoms with Crippen LogP contribution in [0.3, 0.4) is 0 Å². The summed E-state index contributed by atoms with van der Waals surface area (Å²) in [5, 5.41) is 2.62. The van der Waals surface area contributed by atoms with Crippen molar-refractivity contribution in [3.63, 3.8) is 0 Å². The number of carbonyl (C=O) groups is 1. The molecule has 2 heterocycles. The van der Waals surface area contributed by atoms with Crippen LogP contribution >= 0.6 is 0 Å². The van der Waals surface area contributed by atoms with Gasteiger partial charge in [0.15, 0.2) is 0 Å². The average Bonchev–Trinajstić information content (AvgIpc) is 3.06. The molecular formula is C22H17F4N3O2. The zero-order valence-electron chi connectivity index (χ0n) is 16.2. The Kier molecular flexibility index (Phi) is 5.26. The van der Waals surface area contributed by atoms with Gasteiger partial charge in [-0.1, -0.05) is 24.3 Å². The highest BCUT2D eigenvalue weighted by molar-refractivity contribution is 5.91. The van der Waals surface area contributed by atoms with Crippen LogP contribution in [0.4, 0.5) is 28.0 Å². The fourth-order valence-corrected chi connectivity index (χ4v) is 3.55. The van der Waals surface area contributed by atoms with Gasteiger partial charge in [0.25, 0.3) is 0 Å². The maximum atomic E-state index is 15.3. The molecule has 160 valence electrons. The first-order valence-electron chi connectivity index (χ1n) is 9.29. The van der Waals surface area contributed by atoms with E-state index in [1.54, 1.807) is 30.3 Å². The molecule has 0 fully saturated rings. The van der Waals surface area contributed by atoms with Gasteiger partial charge in [0.1, 0.15) is 11.8 Å². The summed E-state index contributed by atoms with van der Waals surface area (Å²) in [6, 6.07) is 12.1. The van der Waals surface area contributed by atoms with E-state index in [9.17, 15) is 18.0 Å². The van der Waals surface area contributed by atoms with Crippen molar-refractivity contribution in [1.29, 1.82) is 0 Å². The third kappa shape index (κ3) is 3.90. The molecule has 2 aromatic carbocycles. The highest BCUT2D eigenvalue weighted by Crippen LogP contribution is 2.45. The van der Waals surface area contributed by atoms with E-state index >= 15 is 4.39 Å². The van der Waals surface area contributed by atoms with Crippen molar-refractivity contribution in [2.45, 2.75) is 18.5 Å². The largest absolute Gasteiger partial charge is 0.497 e. The number of fused-ring (bicyclic) bond motifs is 1. The molecule has 1 aliphatic heterocycles. The summed E-state index contributed by atoms with van der Waals surface area (Å²) < 4.78 is 59.3. The normalized spacial score (nSPS) is 17.9. The number of carbonyl (C=O) groups excluding carboxylic acids is 1. The van der Waals surface area contributed by atoms with Gasteiger partial charge in [-0.3, -0.25) is 9.88 Å². The minimum absolute atomic E-state index is 0.188. The average molecular weight is 431 g/mol. The lowest BCUT2D eigenvalue weighted by Gasteiger charge is -2.27. The maximum Gasteiger partial charge on any atom is 0.416 e. The Morgan fingerprint density at radius 1 is 1.10 bits per heavy atom. The van der Waals surface area contributed by atoms with E-state index in [0.29, 0.717) is 17.0 Å². The highest BCUT2D eigenvalue weighted by atomic mass is 19.4. The SMILES string of the molecule is COc1cccc(NC(=O)N2C(F)c3cccnc3[C@@H]2c2ccc(C(F)(F)F)cc2)c1. The van der Waals surface area contributed by atoms with Gasteiger partial charge in [0.2, 0.25) is 6.30 Å². The number of anilines is 1. The smallest absolute Gasteiger partial charge is 0.416 e. The number of aromatic nitrogens is 1. The molecule has 1 aromatic heterocycles. The lowest BCUT2D eigenvalue weighted by Crippen LogP contribution is -2.35. The summed E-state index contributed by atoms with van der Waals surface area (Å²) in [6.45, 7) is 0. The molecule has 0 saturated carbocycles. The highest BCUT2D eigenvalue weighted by Gasteiger charge is 2.44. The Balaban J connectivity index is 1.70. The minimum atomic E-state index is -4.50. The van der Waals surface area contributed by atoms with Crippen molar-refractivity contribution in [2.24, 2.45) is 0 Å². The predicted molar refractivity (Wildman–Crippen MR) is 105 cm³/mol. The molecule has 0 saturated heterocycles. The lowest BCUT2D eigenvalue weighted by molar-refractivity contribution is -0.137. The number of hydrogen-bond acceptors (Lipinski definition) is 3.